The Morgan fingerprint density at radius 1 is 1.21 bits per heavy atom. The third-order valence-electron chi connectivity index (χ3n) is 2.32. The molecule has 0 fully saturated rings. The Balaban J connectivity index is 1.93. The number of amides is 1. The molecule has 0 unspecified atom stereocenters. The molecule has 19 heavy (non-hydrogen) atoms. The van der Waals surface area contributed by atoms with Crippen LogP contribution in [0, 0.1) is 5.82 Å². The van der Waals surface area contributed by atoms with Gasteiger partial charge in [-0.1, -0.05) is 29.8 Å². The third kappa shape index (κ3) is 3.96. The summed E-state index contributed by atoms with van der Waals surface area (Å²) in [4.78, 5) is 11.6. The summed E-state index contributed by atoms with van der Waals surface area (Å²) in [7, 11) is 0. The molecule has 98 valence electrons. The molecule has 0 aromatic heterocycles. The Kier molecular flexibility index (Phi) is 4.36. The van der Waals surface area contributed by atoms with Gasteiger partial charge in [-0.15, -0.1) is 0 Å². The molecular formula is C14H11ClFNO2. The van der Waals surface area contributed by atoms with Crippen molar-refractivity contribution in [2.24, 2.45) is 0 Å². The molecule has 2 aromatic carbocycles. The monoisotopic (exact) mass is 279 g/mol. The molecule has 2 aromatic rings. The number of hydrogen-bond donors (Lipinski definition) is 1. The van der Waals surface area contributed by atoms with Crippen molar-refractivity contribution in [3.63, 3.8) is 0 Å². The number of para-hydroxylation sites is 1. The quantitative estimate of drug-likeness (QED) is 0.930. The van der Waals surface area contributed by atoms with E-state index in [4.69, 9.17) is 16.3 Å². The minimum absolute atomic E-state index is 0.0363. The number of halogens is 2. The van der Waals surface area contributed by atoms with Gasteiger partial charge in [0.05, 0.1) is 5.69 Å². The highest BCUT2D eigenvalue weighted by molar-refractivity contribution is 6.30. The van der Waals surface area contributed by atoms with Crippen LogP contribution < -0.4 is 10.1 Å². The van der Waals surface area contributed by atoms with Gasteiger partial charge in [0.1, 0.15) is 11.6 Å². The highest BCUT2D eigenvalue weighted by atomic mass is 35.5. The van der Waals surface area contributed by atoms with Crippen molar-refractivity contribution >= 4 is 23.2 Å². The molecule has 0 aliphatic rings. The van der Waals surface area contributed by atoms with Crippen LogP contribution in [0.5, 0.6) is 5.75 Å². The van der Waals surface area contributed by atoms with E-state index in [1.165, 1.54) is 18.2 Å². The number of carbonyl (C=O) groups is 1. The zero-order valence-electron chi connectivity index (χ0n) is 9.90. The molecule has 3 nitrogen and oxygen atoms in total. The van der Waals surface area contributed by atoms with E-state index in [1.807, 2.05) is 6.07 Å². The molecule has 2 rings (SSSR count). The minimum Gasteiger partial charge on any atom is -0.484 e. The maximum absolute atomic E-state index is 13.4. The fourth-order valence-corrected chi connectivity index (χ4v) is 1.62. The molecule has 0 atom stereocenters. The zero-order valence-corrected chi connectivity index (χ0v) is 10.7. The van der Waals surface area contributed by atoms with Gasteiger partial charge in [0.2, 0.25) is 0 Å². The molecular weight excluding hydrogens is 269 g/mol. The van der Waals surface area contributed by atoms with E-state index in [0.29, 0.717) is 10.8 Å². The first kappa shape index (κ1) is 13.4. The molecule has 0 saturated carbocycles. The summed E-state index contributed by atoms with van der Waals surface area (Å²) in [6.07, 6.45) is 0. The van der Waals surface area contributed by atoms with Crippen molar-refractivity contribution in [1.82, 2.24) is 0 Å². The van der Waals surface area contributed by atoms with Crippen molar-refractivity contribution in [2.45, 2.75) is 0 Å². The van der Waals surface area contributed by atoms with Crippen LogP contribution >= 0.6 is 11.6 Å². The van der Waals surface area contributed by atoms with Crippen LogP contribution in [0.15, 0.2) is 48.5 Å². The van der Waals surface area contributed by atoms with Gasteiger partial charge < -0.3 is 10.1 Å². The van der Waals surface area contributed by atoms with E-state index >= 15 is 0 Å². The van der Waals surface area contributed by atoms with Gasteiger partial charge in [0.25, 0.3) is 5.91 Å². The highest BCUT2D eigenvalue weighted by Gasteiger charge is 2.08. The summed E-state index contributed by atoms with van der Waals surface area (Å²) in [5.74, 6) is -0.424. The minimum atomic E-state index is -0.544. The lowest BCUT2D eigenvalue weighted by atomic mass is 10.3. The smallest absolute Gasteiger partial charge is 0.262 e. The van der Waals surface area contributed by atoms with E-state index in [-0.39, 0.29) is 12.3 Å². The molecule has 0 bridgehead atoms. The largest absolute Gasteiger partial charge is 0.484 e. The molecule has 0 saturated heterocycles. The first-order chi connectivity index (χ1) is 9.15. The predicted molar refractivity (Wildman–Crippen MR) is 72.0 cm³/mol. The van der Waals surface area contributed by atoms with Crippen molar-refractivity contribution in [3.8, 4) is 5.75 Å². The van der Waals surface area contributed by atoms with E-state index in [0.717, 1.165) is 0 Å². The number of nitrogens with one attached hydrogen (secondary N) is 1. The SMILES string of the molecule is O=C(COc1ccccc1)Nc1cc(Cl)ccc1F. The molecule has 0 aliphatic heterocycles. The number of rotatable bonds is 4. The van der Waals surface area contributed by atoms with Crippen LogP contribution in [0.3, 0.4) is 0 Å². The van der Waals surface area contributed by atoms with Gasteiger partial charge in [0.15, 0.2) is 6.61 Å². The zero-order chi connectivity index (χ0) is 13.7. The van der Waals surface area contributed by atoms with Crippen LogP contribution in [0.25, 0.3) is 0 Å². The average molecular weight is 280 g/mol. The number of anilines is 1. The van der Waals surface area contributed by atoms with Crippen LogP contribution in [0.1, 0.15) is 0 Å². The topological polar surface area (TPSA) is 38.3 Å². The van der Waals surface area contributed by atoms with Crippen LogP contribution in [0.2, 0.25) is 5.02 Å². The predicted octanol–water partition coefficient (Wildman–Crippen LogP) is 3.50. The number of benzene rings is 2. The van der Waals surface area contributed by atoms with Gasteiger partial charge in [-0.3, -0.25) is 4.79 Å². The fourth-order valence-electron chi connectivity index (χ4n) is 1.45. The van der Waals surface area contributed by atoms with Crippen LogP contribution in [-0.4, -0.2) is 12.5 Å². The summed E-state index contributed by atoms with van der Waals surface area (Å²) in [5.41, 5.74) is 0.0363. The lowest BCUT2D eigenvalue weighted by molar-refractivity contribution is -0.118. The standard InChI is InChI=1S/C14H11ClFNO2/c15-10-6-7-12(16)13(8-10)17-14(18)9-19-11-4-2-1-3-5-11/h1-8H,9H2,(H,17,18). The van der Waals surface area contributed by atoms with Crippen LogP contribution in [0.4, 0.5) is 10.1 Å². The highest BCUT2D eigenvalue weighted by Crippen LogP contribution is 2.19. The van der Waals surface area contributed by atoms with E-state index in [2.05, 4.69) is 5.32 Å². The number of carbonyl (C=O) groups excluding carboxylic acids is 1. The summed E-state index contributed by atoms with van der Waals surface area (Å²) in [5, 5.41) is 2.75. The average Bonchev–Trinajstić information content (AvgIpc) is 2.42. The summed E-state index contributed by atoms with van der Waals surface area (Å²) >= 11 is 5.72. The number of hydrogen-bond acceptors (Lipinski definition) is 2. The van der Waals surface area contributed by atoms with Crippen molar-refractivity contribution in [3.05, 3.63) is 59.4 Å². The van der Waals surface area contributed by atoms with Gasteiger partial charge in [-0.25, -0.2) is 4.39 Å². The molecule has 5 heteroatoms. The molecule has 0 spiro atoms. The van der Waals surface area contributed by atoms with Gasteiger partial charge in [0, 0.05) is 5.02 Å². The van der Waals surface area contributed by atoms with Crippen molar-refractivity contribution < 1.29 is 13.9 Å². The summed E-state index contributed by atoms with van der Waals surface area (Å²) < 4.78 is 18.6. The molecule has 1 amide bonds. The molecule has 0 heterocycles. The lowest BCUT2D eigenvalue weighted by Gasteiger charge is -2.08. The van der Waals surface area contributed by atoms with Gasteiger partial charge in [-0.2, -0.15) is 0 Å². The third-order valence-corrected chi connectivity index (χ3v) is 2.55. The maximum Gasteiger partial charge on any atom is 0.262 e. The second-order valence-corrected chi connectivity index (χ2v) is 4.21. The van der Waals surface area contributed by atoms with Gasteiger partial charge in [-0.05, 0) is 30.3 Å². The van der Waals surface area contributed by atoms with E-state index in [9.17, 15) is 9.18 Å². The molecule has 0 radical (unpaired) electrons. The van der Waals surface area contributed by atoms with Crippen molar-refractivity contribution in [2.75, 3.05) is 11.9 Å². The Labute approximate surface area is 115 Å². The second kappa shape index (κ2) is 6.20. The summed E-state index contributed by atoms with van der Waals surface area (Å²) in [6.45, 7) is -0.198. The normalized spacial score (nSPS) is 10.0. The molecule has 1 N–H and O–H groups in total. The number of ether oxygens (including phenoxy) is 1. The second-order valence-electron chi connectivity index (χ2n) is 3.77. The van der Waals surface area contributed by atoms with E-state index in [1.54, 1.807) is 24.3 Å². The first-order valence-corrected chi connectivity index (χ1v) is 5.96. The van der Waals surface area contributed by atoms with Crippen molar-refractivity contribution in [1.29, 1.82) is 0 Å². The lowest BCUT2D eigenvalue weighted by Crippen LogP contribution is -2.20. The Morgan fingerprint density at radius 3 is 2.68 bits per heavy atom. The summed E-state index contributed by atoms with van der Waals surface area (Å²) in [6, 6.07) is 12.8. The maximum atomic E-state index is 13.4. The van der Waals surface area contributed by atoms with Crippen LogP contribution in [-0.2, 0) is 4.79 Å². The Hall–Kier alpha value is -2.07. The Morgan fingerprint density at radius 2 is 1.95 bits per heavy atom. The van der Waals surface area contributed by atoms with Gasteiger partial charge >= 0.3 is 0 Å². The Bertz CT molecular complexity index is 575. The van der Waals surface area contributed by atoms with E-state index < -0.39 is 11.7 Å². The first-order valence-electron chi connectivity index (χ1n) is 5.58. The molecule has 0 aliphatic carbocycles. The fraction of sp³-hybridized carbons (Fsp3) is 0.0714.